The van der Waals surface area contributed by atoms with E-state index in [1.54, 1.807) is 0 Å². The molecule has 0 aliphatic heterocycles. The molecular weight excluding hydrogens is 507 g/mol. The number of ketones is 4. The third-order valence-electron chi connectivity index (χ3n) is 1.65. The van der Waals surface area contributed by atoms with Crippen LogP contribution >= 0.6 is 0 Å². The molecule has 0 aromatic rings. The Hall–Kier alpha value is -1.97. The van der Waals surface area contributed by atoms with Gasteiger partial charge in [-0.05, 0) is 55.4 Å². The minimum Gasteiger partial charge on any atom is -0.512 e. The van der Waals surface area contributed by atoms with Crippen molar-refractivity contribution in [3.05, 3.63) is 47.3 Å². The van der Waals surface area contributed by atoms with Gasteiger partial charge in [-0.1, -0.05) is 0 Å². The van der Waals surface area contributed by atoms with Gasteiger partial charge in [0.15, 0.2) is 23.1 Å². The number of rotatable bonds is 4. The number of carbonyl (C=O) groups is 4. The minimum atomic E-state index is -0.125. The number of allylic oxidation sites excluding steroid dienone is 8. The van der Waals surface area contributed by atoms with E-state index < -0.39 is 0 Å². The summed E-state index contributed by atoms with van der Waals surface area (Å²) in [4.78, 5) is 40.1. The first kappa shape index (κ1) is 37.7. The molecule has 4 N–H and O–H groups in total. The molecule has 0 rings (SSSR count). The summed E-state index contributed by atoms with van der Waals surface area (Å²) in [6.07, 6.45) is 4.67. The minimum absolute atomic E-state index is 0. The van der Waals surface area contributed by atoms with Crippen LogP contribution in [-0.2, 0) is 19.2 Å². The van der Waals surface area contributed by atoms with Crippen LogP contribution in [0.4, 0.5) is 0 Å². The molecule has 0 aliphatic rings. The van der Waals surface area contributed by atoms with Crippen LogP contribution in [-0.4, -0.2) is 43.6 Å². The van der Waals surface area contributed by atoms with Crippen LogP contribution in [0, 0.1) is 35.6 Å². The molecule has 9 heteroatoms. The SMILES string of the molecule is CC(=O)C=C(C)O.CC(=O)C=C(C)O.CC(=O)C=C(C)O.CC(=O)C=C(C)O.[La]. The predicted octanol–water partition coefficient (Wildman–Crippen LogP) is 4.15. The Labute approximate surface area is 200 Å². The molecule has 29 heavy (non-hydrogen) atoms. The van der Waals surface area contributed by atoms with Crippen LogP contribution in [0.1, 0.15) is 55.4 Å². The summed E-state index contributed by atoms with van der Waals surface area (Å²) < 4.78 is 0. The summed E-state index contributed by atoms with van der Waals surface area (Å²) in [5.41, 5.74) is 0. The fourth-order valence-electron chi connectivity index (χ4n) is 1.18. The second-order valence-corrected chi connectivity index (χ2v) is 5.59. The standard InChI is InChI=1S/4C5H8O2.La/c4*1-4(6)3-5(2)7;/h4*3,6H,1-2H3;. The van der Waals surface area contributed by atoms with Gasteiger partial charge in [-0.2, -0.15) is 0 Å². The van der Waals surface area contributed by atoms with Gasteiger partial charge in [0.25, 0.3) is 0 Å². The van der Waals surface area contributed by atoms with E-state index in [-0.39, 0.29) is 81.8 Å². The van der Waals surface area contributed by atoms with Crippen molar-refractivity contribution in [3.8, 4) is 0 Å². The van der Waals surface area contributed by atoms with Crippen molar-refractivity contribution in [2.75, 3.05) is 0 Å². The second-order valence-electron chi connectivity index (χ2n) is 5.59. The first-order valence-corrected chi connectivity index (χ1v) is 8.02. The molecule has 0 fully saturated rings. The molecule has 163 valence electrons. The monoisotopic (exact) mass is 539 g/mol. The molecule has 0 saturated carbocycles. The maximum absolute atomic E-state index is 10.0. The Morgan fingerprint density at radius 1 is 0.414 bits per heavy atom. The summed E-state index contributed by atoms with van der Waals surface area (Å²) in [6, 6.07) is 0. The van der Waals surface area contributed by atoms with E-state index in [0.29, 0.717) is 0 Å². The van der Waals surface area contributed by atoms with E-state index in [1.807, 2.05) is 0 Å². The van der Waals surface area contributed by atoms with Gasteiger partial charge in [0.2, 0.25) is 0 Å². The fraction of sp³-hybridized carbons (Fsp3) is 0.400. The normalized spacial score (nSPS) is 11.0. The van der Waals surface area contributed by atoms with E-state index in [0.717, 1.165) is 0 Å². The zero-order chi connectivity index (χ0) is 23.4. The Bertz CT molecular complexity index is 513. The molecular formula is C20H32LaO8. The molecule has 0 atom stereocenters. The smallest absolute Gasteiger partial charge is 0.155 e. The van der Waals surface area contributed by atoms with Crippen molar-refractivity contribution in [2.24, 2.45) is 0 Å². The van der Waals surface area contributed by atoms with Gasteiger partial charge in [-0.25, -0.2) is 0 Å². The Morgan fingerprint density at radius 3 is 0.517 bits per heavy atom. The molecule has 0 amide bonds. The molecule has 0 aromatic carbocycles. The fourth-order valence-corrected chi connectivity index (χ4v) is 1.18. The van der Waals surface area contributed by atoms with Crippen LogP contribution < -0.4 is 0 Å². The Morgan fingerprint density at radius 2 is 0.517 bits per heavy atom. The molecule has 0 aliphatic carbocycles. The zero-order valence-electron chi connectivity index (χ0n) is 18.3. The Balaban J connectivity index is -0.0000000873. The summed E-state index contributed by atoms with van der Waals surface area (Å²) in [5.74, 6) is -0.250. The van der Waals surface area contributed by atoms with Gasteiger partial charge >= 0.3 is 0 Å². The van der Waals surface area contributed by atoms with Crippen molar-refractivity contribution in [1.82, 2.24) is 0 Å². The molecule has 1 radical (unpaired) electrons. The topological polar surface area (TPSA) is 149 Å². The molecule has 0 heterocycles. The maximum Gasteiger partial charge on any atom is 0.155 e. The van der Waals surface area contributed by atoms with Gasteiger partial charge in [0.05, 0.1) is 23.0 Å². The molecule has 0 bridgehead atoms. The molecule has 8 nitrogen and oxygen atoms in total. The first-order valence-electron chi connectivity index (χ1n) is 8.02. The van der Waals surface area contributed by atoms with E-state index >= 15 is 0 Å². The number of carbonyl (C=O) groups excluding carboxylic acids is 4. The van der Waals surface area contributed by atoms with Gasteiger partial charge in [0.1, 0.15) is 0 Å². The average molecular weight is 539 g/mol. The van der Waals surface area contributed by atoms with Crippen LogP contribution in [0.5, 0.6) is 0 Å². The quantitative estimate of drug-likeness (QED) is 0.308. The van der Waals surface area contributed by atoms with Crippen LogP contribution in [0.15, 0.2) is 47.3 Å². The second kappa shape index (κ2) is 24.1. The van der Waals surface area contributed by atoms with E-state index in [2.05, 4.69) is 0 Å². The third-order valence-corrected chi connectivity index (χ3v) is 1.65. The first-order chi connectivity index (χ1) is 12.5. The molecule has 0 unspecified atom stereocenters. The largest absolute Gasteiger partial charge is 0.512 e. The summed E-state index contributed by atoms with van der Waals surface area (Å²) >= 11 is 0. The van der Waals surface area contributed by atoms with Crippen molar-refractivity contribution in [1.29, 1.82) is 0 Å². The van der Waals surface area contributed by atoms with Crippen LogP contribution in [0.25, 0.3) is 0 Å². The van der Waals surface area contributed by atoms with E-state index in [9.17, 15) is 19.2 Å². The summed E-state index contributed by atoms with van der Waals surface area (Å²) in [7, 11) is 0. The summed E-state index contributed by atoms with van der Waals surface area (Å²) in [6.45, 7) is 11.4. The maximum atomic E-state index is 10.0. The molecule has 0 aromatic heterocycles. The van der Waals surface area contributed by atoms with Gasteiger partial charge < -0.3 is 20.4 Å². The molecule has 0 saturated heterocycles. The van der Waals surface area contributed by atoms with Crippen molar-refractivity contribution in [3.63, 3.8) is 0 Å². The summed E-state index contributed by atoms with van der Waals surface area (Å²) in [5, 5.41) is 33.5. The van der Waals surface area contributed by atoms with Crippen molar-refractivity contribution >= 4 is 23.1 Å². The zero-order valence-corrected chi connectivity index (χ0v) is 21.9. The van der Waals surface area contributed by atoms with Gasteiger partial charge in [-0.15, -0.1) is 0 Å². The van der Waals surface area contributed by atoms with Crippen molar-refractivity contribution in [2.45, 2.75) is 55.4 Å². The average Bonchev–Trinajstić information content (AvgIpc) is 2.32. The number of hydrogen-bond donors (Lipinski definition) is 4. The van der Waals surface area contributed by atoms with Crippen LogP contribution in [0.3, 0.4) is 0 Å². The Kier molecular flexibility index (Phi) is 31.3. The van der Waals surface area contributed by atoms with Crippen molar-refractivity contribution < 1.29 is 75.2 Å². The predicted molar refractivity (Wildman–Crippen MR) is 108 cm³/mol. The number of aliphatic hydroxyl groups is 4. The number of aliphatic hydroxyl groups excluding tert-OH is 4. The van der Waals surface area contributed by atoms with E-state index in [1.165, 1.54) is 79.7 Å². The molecule has 0 spiro atoms. The van der Waals surface area contributed by atoms with Gasteiger partial charge in [0, 0.05) is 59.9 Å². The van der Waals surface area contributed by atoms with Gasteiger partial charge in [-0.3, -0.25) is 19.2 Å². The van der Waals surface area contributed by atoms with Crippen LogP contribution in [0.2, 0.25) is 0 Å². The third kappa shape index (κ3) is 76.4. The van der Waals surface area contributed by atoms with E-state index in [4.69, 9.17) is 20.4 Å². The number of hydrogen-bond acceptors (Lipinski definition) is 8.